The summed E-state index contributed by atoms with van der Waals surface area (Å²) in [5, 5.41) is 7.14. The second-order valence-corrected chi connectivity index (χ2v) is 12.0. The monoisotopic (exact) mass is 500 g/mol. The number of ether oxygens (including phenoxy) is 1. The summed E-state index contributed by atoms with van der Waals surface area (Å²) in [5.74, 6) is -0.729. The van der Waals surface area contributed by atoms with Crippen molar-refractivity contribution in [1.82, 2.24) is 5.32 Å². The zero-order valence-electron chi connectivity index (χ0n) is 22.3. The first-order valence-electron chi connectivity index (χ1n) is 11.9. The molecule has 7 nitrogen and oxygen atoms in total. The van der Waals surface area contributed by atoms with Gasteiger partial charge < -0.3 is 24.7 Å². The van der Waals surface area contributed by atoms with Crippen LogP contribution in [0.3, 0.4) is 0 Å². The topological polar surface area (TPSA) is 85.9 Å². The third-order valence-corrected chi connectivity index (χ3v) is 7.12. The van der Waals surface area contributed by atoms with E-state index in [0.717, 1.165) is 15.9 Å². The molecule has 2 N–H and O–H groups in total. The van der Waals surface area contributed by atoms with Crippen molar-refractivity contribution in [3.8, 4) is 0 Å². The highest BCUT2D eigenvalue weighted by Gasteiger charge is 2.42. The number of hydrogen-bond acceptors (Lipinski definition) is 7. The molecule has 1 amide bonds. The number of thiophene rings is 1. The van der Waals surface area contributed by atoms with Crippen LogP contribution in [-0.2, 0) is 26.0 Å². The minimum atomic E-state index is -0.610. The lowest BCUT2D eigenvalue weighted by molar-refractivity contribution is 0.0525. The number of rotatable bonds is 7. The molecule has 0 aliphatic carbocycles. The first-order chi connectivity index (χ1) is 16.2. The Morgan fingerprint density at radius 2 is 1.89 bits per heavy atom. The first kappa shape index (κ1) is 27.4. The molecule has 0 fully saturated rings. The fraction of sp³-hybridized carbons (Fsp3) is 0.538. The normalized spacial score (nSPS) is 16.4. The van der Waals surface area contributed by atoms with E-state index in [1.54, 1.807) is 32.2 Å². The fourth-order valence-corrected chi connectivity index (χ4v) is 5.87. The largest absolute Gasteiger partial charge is 0.494 e. The molecule has 1 aliphatic rings. The molecule has 190 valence electrons. The lowest BCUT2D eigenvalue weighted by Crippen LogP contribution is -2.55. The van der Waals surface area contributed by atoms with Gasteiger partial charge in [0.25, 0.3) is 5.91 Å². The van der Waals surface area contributed by atoms with E-state index in [4.69, 9.17) is 14.0 Å². The van der Waals surface area contributed by atoms with Crippen molar-refractivity contribution in [3.05, 3.63) is 45.8 Å². The molecule has 1 aromatic carbocycles. The molecular formula is C26H37BN2O5S. The third-order valence-electron chi connectivity index (χ3n) is 5.65. The number of esters is 1. The number of nitrogens with one attached hydrogen (secondary N) is 2. The highest BCUT2D eigenvalue weighted by Crippen LogP contribution is 2.45. The van der Waals surface area contributed by atoms with Crippen LogP contribution < -0.4 is 16.1 Å². The van der Waals surface area contributed by atoms with Crippen LogP contribution in [0, 0.1) is 0 Å². The minimum Gasteiger partial charge on any atom is -0.462 e. The Kier molecular flexibility index (Phi) is 7.86. The molecule has 9 heteroatoms. The van der Waals surface area contributed by atoms with E-state index >= 15 is 0 Å². The number of hydrogen-bond donors (Lipinski definition) is 2. The van der Waals surface area contributed by atoms with Gasteiger partial charge in [0, 0.05) is 34.2 Å². The van der Waals surface area contributed by atoms with Crippen molar-refractivity contribution >= 4 is 40.8 Å². The van der Waals surface area contributed by atoms with Crippen LogP contribution in [0.1, 0.15) is 86.5 Å². The van der Waals surface area contributed by atoms with E-state index in [9.17, 15) is 9.59 Å². The van der Waals surface area contributed by atoms with E-state index in [0.29, 0.717) is 22.5 Å². The van der Waals surface area contributed by atoms with Gasteiger partial charge in [-0.25, -0.2) is 4.79 Å². The van der Waals surface area contributed by atoms with E-state index in [-0.39, 0.29) is 23.6 Å². The minimum absolute atomic E-state index is 0.212. The Labute approximate surface area is 213 Å². The molecule has 0 spiro atoms. The maximum atomic E-state index is 13.3. The van der Waals surface area contributed by atoms with E-state index in [1.165, 1.54) is 11.3 Å². The molecule has 0 bridgehead atoms. The van der Waals surface area contributed by atoms with Crippen molar-refractivity contribution in [2.75, 3.05) is 19.0 Å². The predicted octanol–water partition coefficient (Wildman–Crippen LogP) is 4.49. The molecule has 3 rings (SSSR count). The molecule has 2 aromatic rings. The Balaban J connectivity index is 1.98. The highest BCUT2D eigenvalue weighted by atomic mass is 32.1. The van der Waals surface area contributed by atoms with Crippen molar-refractivity contribution in [2.24, 2.45) is 0 Å². The van der Waals surface area contributed by atoms with Crippen LogP contribution in [-0.4, -0.2) is 43.9 Å². The van der Waals surface area contributed by atoms with Gasteiger partial charge in [-0.05, 0) is 85.0 Å². The van der Waals surface area contributed by atoms with E-state index in [1.807, 2.05) is 26.8 Å². The summed E-state index contributed by atoms with van der Waals surface area (Å²) in [7, 11) is 0.961. The summed E-state index contributed by atoms with van der Waals surface area (Å²) < 4.78 is 16.9. The number of fused-ring (bicyclic) bond motifs is 1. The van der Waals surface area contributed by atoms with Crippen LogP contribution in [0.5, 0.6) is 0 Å². The van der Waals surface area contributed by atoms with E-state index < -0.39 is 18.7 Å². The zero-order valence-corrected chi connectivity index (χ0v) is 23.1. The van der Waals surface area contributed by atoms with Crippen LogP contribution in [0.25, 0.3) is 0 Å². The van der Waals surface area contributed by atoms with Gasteiger partial charge in [-0.2, -0.15) is 0 Å². The first-order valence-corrected chi connectivity index (χ1v) is 12.7. The highest BCUT2D eigenvalue weighted by molar-refractivity contribution is 7.17. The summed E-state index contributed by atoms with van der Waals surface area (Å²) in [6, 6.07) is 7.14. The van der Waals surface area contributed by atoms with Gasteiger partial charge in [0.2, 0.25) is 0 Å². The molecule has 0 saturated heterocycles. The average molecular weight is 500 g/mol. The maximum absolute atomic E-state index is 13.3. The predicted molar refractivity (Wildman–Crippen MR) is 142 cm³/mol. The van der Waals surface area contributed by atoms with Gasteiger partial charge in [-0.1, -0.05) is 12.1 Å². The van der Waals surface area contributed by atoms with Gasteiger partial charge in [0.15, 0.2) is 0 Å². The Morgan fingerprint density at radius 3 is 2.49 bits per heavy atom. The molecule has 0 unspecified atom stereocenters. The average Bonchev–Trinajstić information content (AvgIpc) is 3.08. The Hall–Kier alpha value is -2.20. The summed E-state index contributed by atoms with van der Waals surface area (Å²) in [4.78, 5) is 27.4. The van der Waals surface area contributed by atoms with Crippen LogP contribution in [0.15, 0.2) is 24.3 Å². The van der Waals surface area contributed by atoms with Gasteiger partial charge in [0.05, 0.1) is 12.2 Å². The second kappa shape index (κ2) is 10.0. The lowest BCUT2D eigenvalue weighted by Gasteiger charge is -2.42. The molecular weight excluding hydrogens is 463 g/mol. The standard InChI is InChI=1S/C26H37BN2O5S/c1-10-33-23(31)19-18-15-25(5,6)29-26(7,8)20(18)35-22(19)28-21(30)16-12-11-13-17(14-16)27(32-9)34-24(2,3)4/h11-14,29H,10,15H2,1-9H3,(H,28,30). The molecule has 2 heterocycles. The number of anilines is 1. The summed E-state index contributed by atoms with van der Waals surface area (Å²) in [6.07, 6.45) is 0.654. The fourth-order valence-electron chi connectivity index (χ4n) is 4.61. The quantitative estimate of drug-likeness (QED) is 0.431. The number of carbonyl (C=O) groups is 2. The number of carbonyl (C=O) groups excluding carboxylic acids is 2. The van der Waals surface area contributed by atoms with E-state index in [2.05, 4.69) is 38.3 Å². The zero-order chi connectivity index (χ0) is 26.2. The van der Waals surface area contributed by atoms with Gasteiger partial charge in [-0.3, -0.25) is 4.79 Å². The molecule has 35 heavy (non-hydrogen) atoms. The lowest BCUT2D eigenvalue weighted by atomic mass is 9.77. The summed E-state index contributed by atoms with van der Waals surface area (Å²) in [6.45, 7) is 16.3. The Bertz CT molecular complexity index is 1100. The van der Waals surface area contributed by atoms with Crippen molar-refractivity contribution in [1.29, 1.82) is 0 Å². The van der Waals surface area contributed by atoms with Crippen molar-refractivity contribution < 1.29 is 23.6 Å². The van der Waals surface area contributed by atoms with Gasteiger partial charge >= 0.3 is 13.1 Å². The van der Waals surface area contributed by atoms with Gasteiger partial charge in [0.1, 0.15) is 5.00 Å². The third kappa shape index (κ3) is 6.33. The number of benzene rings is 1. The molecule has 0 atom stereocenters. The molecule has 1 aliphatic heterocycles. The van der Waals surface area contributed by atoms with Gasteiger partial charge in [-0.15, -0.1) is 11.3 Å². The second-order valence-electron chi connectivity index (χ2n) is 11.0. The molecule has 1 aromatic heterocycles. The summed E-state index contributed by atoms with van der Waals surface area (Å²) in [5.41, 5.74) is 1.57. The summed E-state index contributed by atoms with van der Waals surface area (Å²) >= 11 is 1.43. The SMILES string of the molecule is CCOC(=O)c1c(NC(=O)c2cccc(B(OC)OC(C)(C)C)c2)sc2c1CC(C)(C)NC2(C)C. The van der Waals surface area contributed by atoms with Crippen LogP contribution in [0.4, 0.5) is 5.00 Å². The van der Waals surface area contributed by atoms with Crippen molar-refractivity contribution in [3.63, 3.8) is 0 Å². The maximum Gasteiger partial charge on any atom is 0.494 e. The van der Waals surface area contributed by atoms with Crippen LogP contribution in [0.2, 0.25) is 0 Å². The van der Waals surface area contributed by atoms with Crippen LogP contribution >= 0.6 is 11.3 Å². The number of amides is 1. The molecule has 0 saturated carbocycles. The molecule has 0 radical (unpaired) electrons. The Morgan fingerprint density at radius 1 is 1.20 bits per heavy atom. The van der Waals surface area contributed by atoms with Crippen molar-refractivity contribution in [2.45, 2.75) is 78.5 Å². The smallest absolute Gasteiger partial charge is 0.462 e.